The normalized spacial score (nSPS) is 10.1. The number of hydrogen-bond acceptors (Lipinski definition) is 8. The molecule has 0 atom stereocenters. The molecule has 144 valence electrons. The SMILES string of the molecule is CCOc1ccc(OCC(=O)OCCCNc2ccc([N+](=O)[O-])cn2)cc1. The van der Waals surface area contributed by atoms with E-state index >= 15 is 0 Å². The average molecular weight is 375 g/mol. The van der Waals surface area contributed by atoms with Crippen molar-refractivity contribution >= 4 is 17.5 Å². The lowest BCUT2D eigenvalue weighted by atomic mass is 10.3. The van der Waals surface area contributed by atoms with Crippen LogP contribution in [0.1, 0.15) is 13.3 Å². The number of carbonyl (C=O) groups excluding carboxylic acids is 1. The standard InChI is InChI=1S/C18H21N3O6/c1-2-25-15-5-7-16(8-6-15)27-13-18(22)26-11-3-10-19-17-9-4-14(12-20-17)21(23)24/h4-9,12H,2-3,10-11,13H2,1H3,(H,19,20). The van der Waals surface area contributed by atoms with E-state index in [0.29, 0.717) is 31.1 Å². The van der Waals surface area contributed by atoms with Gasteiger partial charge in [-0.3, -0.25) is 10.1 Å². The van der Waals surface area contributed by atoms with Crippen molar-refractivity contribution < 1.29 is 23.9 Å². The smallest absolute Gasteiger partial charge is 0.344 e. The fraction of sp³-hybridized carbons (Fsp3) is 0.333. The molecule has 0 aliphatic heterocycles. The van der Waals surface area contributed by atoms with E-state index in [0.717, 1.165) is 5.75 Å². The Morgan fingerprint density at radius 1 is 1.15 bits per heavy atom. The van der Waals surface area contributed by atoms with E-state index in [1.165, 1.54) is 18.3 Å². The summed E-state index contributed by atoms with van der Waals surface area (Å²) in [6.45, 7) is 3.05. The van der Waals surface area contributed by atoms with Crippen molar-refractivity contribution in [3.63, 3.8) is 0 Å². The highest BCUT2D eigenvalue weighted by Crippen LogP contribution is 2.17. The summed E-state index contributed by atoms with van der Waals surface area (Å²) in [7, 11) is 0. The Morgan fingerprint density at radius 2 is 1.85 bits per heavy atom. The predicted octanol–water partition coefficient (Wildman–Crippen LogP) is 2.81. The van der Waals surface area contributed by atoms with Gasteiger partial charge in [0, 0.05) is 12.6 Å². The second-order valence-electron chi connectivity index (χ2n) is 5.35. The Bertz CT molecular complexity index is 734. The van der Waals surface area contributed by atoms with Gasteiger partial charge in [-0.25, -0.2) is 9.78 Å². The van der Waals surface area contributed by atoms with Crippen LogP contribution in [-0.2, 0) is 9.53 Å². The Labute approximate surface area is 156 Å². The Morgan fingerprint density at radius 3 is 2.44 bits per heavy atom. The van der Waals surface area contributed by atoms with E-state index in [1.807, 2.05) is 6.92 Å². The molecule has 0 bridgehead atoms. The zero-order chi connectivity index (χ0) is 19.5. The number of nitrogens with one attached hydrogen (secondary N) is 1. The molecule has 0 radical (unpaired) electrons. The number of pyridine rings is 1. The lowest BCUT2D eigenvalue weighted by Crippen LogP contribution is -2.17. The van der Waals surface area contributed by atoms with Crippen molar-refractivity contribution in [3.05, 3.63) is 52.7 Å². The van der Waals surface area contributed by atoms with Crippen LogP contribution in [0.5, 0.6) is 11.5 Å². The monoisotopic (exact) mass is 375 g/mol. The molecule has 0 aliphatic rings. The number of rotatable bonds is 11. The summed E-state index contributed by atoms with van der Waals surface area (Å²) in [5.74, 6) is 1.35. The molecular weight excluding hydrogens is 354 g/mol. The minimum absolute atomic E-state index is 0.0676. The first-order chi connectivity index (χ1) is 13.1. The van der Waals surface area contributed by atoms with Crippen LogP contribution in [0.3, 0.4) is 0 Å². The first-order valence-corrected chi connectivity index (χ1v) is 8.44. The number of ether oxygens (including phenoxy) is 3. The number of aromatic nitrogens is 1. The molecule has 1 N–H and O–H groups in total. The molecule has 1 heterocycles. The molecule has 1 aromatic heterocycles. The molecular formula is C18H21N3O6. The maximum atomic E-state index is 11.7. The topological polar surface area (TPSA) is 113 Å². The first-order valence-electron chi connectivity index (χ1n) is 8.44. The zero-order valence-corrected chi connectivity index (χ0v) is 14.9. The molecule has 2 rings (SSSR count). The summed E-state index contributed by atoms with van der Waals surface area (Å²) >= 11 is 0. The Hall–Kier alpha value is -3.36. The maximum Gasteiger partial charge on any atom is 0.344 e. The third-order valence-corrected chi connectivity index (χ3v) is 3.34. The van der Waals surface area contributed by atoms with E-state index < -0.39 is 10.9 Å². The van der Waals surface area contributed by atoms with Gasteiger partial charge in [0.15, 0.2) is 6.61 Å². The predicted molar refractivity (Wildman–Crippen MR) is 98.1 cm³/mol. The molecule has 1 aromatic carbocycles. The molecule has 0 saturated carbocycles. The molecule has 9 heteroatoms. The van der Waals surface area contributed by atoms with E-state index in [1.54, 1.807) is 24.3 Å². The number of anilines is 1. The number of nitrogens with zero attached hydrogens (tertiary/aromatic N) is 2. The summed E-state index contributed by atoms with van der Waals surface area (Å²) in [5.41, 5.74) is -0.0676. The summed E-state index contributed by atoms with van der Waals surface area (Å²) in [4.78, 5) is 25.6. The van der Waals surface area contributed by atoms with Gasteiger partial charge in [-0.1, -0.05) is 0 Å². The molecule has 0 spiro atoms. The number of hydrogen-bond donors (Lipinski definition) is 1. The lowest BCUT2D eigenvalue weighted by molar-refractivity contribution is -0.385. The molecule has 0 saturated heterocycles. The van der Waals surface area contributed by atoms with Crippen molar-refractivity contribution in [2.24, 2.45) is 0 Å². The van der Waals surface area contributed by atoms with Crippen LogP contribution in [0.25, 0.3) is 0 Å². The quantitative estimate of drug-likeness (QED) is 0.276. The van der Waals surface area contributed by atoms with E-state index in [2.05, 4.69) is 10.3 Å². The maximum absolute atomic E-state index is 11.7. The van der Waals surface area contributed by atoms with Crippen LogP contribution in [0.4, 0.5) is 11.5 Å². The van der Waals surface area contributed by atoms with Gasteiger partial charge in [0.25, 0.3) is 5.69 Å². The highest BCUT2D eigenvalue weighted by molar-refractivity contribution is 5.71. The molecule has 2 aromatic rings. The van der Waals surface area contributed by atoms with E-state index in [9.17, 15) is 14.9 Å². The van der Waals surface area contributed by atoms with Crippen LogP contribution in [0, 0.1) is 10.1 Å². The number of esters is 1. The fourth-order valence-electron chi connectivity index (χ4n) is 2.06. The second-order valence-corrected chi connectivity index (χ2v) is 5.35. The minimum Gasteiger partial charge on any atom is -0.494 e. The third kappa shape index (κ3) is 7.18. The van der Waals surface area contributed by atoms with Crippen molar-refractivity contribution in [2.45, 2.75) is 13.3 Å². The van der Waals surface area contributed by atoms with Gasteiger partial charge in [0.2, 0.25) is 0 Å². The summed E-state index contributed by atoms with van der Waals surface area (Å²) in [6, 6.07) is 9.87. The minimum atomic E-state index is -0.508. The van der Waals surface area contributed by atoms with Gasteiger partial charge >= 0.3 is 5.97 Å². The molecule has 27 heavy (non-hydrogen) atoms. The first kappa shape index (κ1) is 20.0. The van der Waals surface area contributed by atoms with Crippen LogP contribution in [-0.4, -0.2) is 42.2 Å². The van der Waals surface area contributed by atoms with Crippen molar-refractivity contribution in [1.82, 2.24) is 4.98 Å². The van der Waals surface area contributed by atoms with Crippen LogP contribution in [0.15, 0.2) is 42.6 Å². The van der Waals surface area contributed by atoms with Crippen molar-refractivity contribution in [3.8, 4) is 11.5 Å². The fourth-order valence-corrected chi connectivity index (χ4v) is 2.06. The van der Waals surface area contributed by atoms with Crippen molar-refractivity contribution in [2.75, 3.05) is 31.7 Å². The Balaban J connectivity index is 1.58. The average Bonchev–Trinajstić information content (AvgIpc) is 2.68. The van der Waals surface area contributed by atoms with Gasteiger partial charge in [-0.15, -0.1) is 0 Å². The van der Waals surface area contributed by atoms with Gasteiger partial charge in [-0.2, -0.15) is 0 Å². The van der Waals surface area contributed by atoms with Crippen LogP contribution >= 0.6 is 0 Å². The Kier molecular flexibility index (Phi) is 7.83. The van der Waals surface area contributed by atoms with Crippen LogP contribution < -0.4 is 14.8 Å². The molecule has 0 fully saturated rings. The molecule has 0 amide bonds. The van der Waals surface area contributed by atoms with Gasteiger partial charge in [-0.05, 0) is 43.7 Å². The molecule has 0 aliphatic carbocycles. The van der Waals surface area contributed by atoms with Crippen LogP contribution in [0.2, 0.25) is 0 Å². The summed E-state index contributed by atoms with van der Waals surface area (Å²) in [5, 5.41) is 13.5. The molecule has 9 nitrogen and oxygen atoms in total. The van der Waals surface area contributed by atoms with E-state index in [4.69, 9.17) is 14.2 Å². The highest BCUT2D eigenvalue weighted by atomic mass is 16.6. The number of carbonyl (C=O) groups is 1. The lowest BCUT2D eigenvalue weighted by Gasteiger charge is -2.09. The van der Waals surface area contributed by atoms with E-state index in [-0.39, 0.29) is 18.9 Å². The van der Waals surface area contributed by atoms with Crippen molar-refractivity contribution in [1.29, 1.82) is 0 Å². The summed E-state index contributed by atoms with van der Waals surface area (Å²) < 4.78 is 15.7. The molecule has 0 unspecified atom stereocenters. The summed E-state index contributed by atoms with van der Waals surface area (Å²) in [6.07, 6.45) is 1.74. The largest absolute Gasteiger partial charge is 0.494 e. The zero-order valence-electron chi connectivity index (χ0n) is 14.9. The number of nitro groups is 1. The highest BCUT2D eigenvalue weighted by Gasteiger charge is 2.06. The second kappa shape index (κ2) is 10.6. The van der Waals surface area contributed by atoms with Gasteiger partial charge in [0.1, 0.15) is 23.5 Å². The number of benzene rings is 1. The third-order valence-electron chi connectivity index (χ3n) is 3.34. The van der Waals surface area contributed by atoms with Gasteiger partial charge in [0.05, 0.1) is 18.1 Å². The van der Waals surface area contributed by atoms with Gasteiger partial charge < -0.3 is 19.5 Å².